The molecule has 26 nitrogen and oxygen atoms in total. The molecule has 3 heterocycles. The molecule has 1 saturated heterocycles. The predicted molar refractivity (Wildman–Crippen MR) is 284 cm³/mol. The number of carbonyl (C=O) groups is 10. The number of fused-ring (bicyclic) bond motifs is 1. The summed E-state index contributed by atoms with van der Waals surface area (Å²) in [5.41, 5.74) is 28.5. The Kier molecular flexibility index (Phi) is 26.0. The zero-order valence-corrected chi connectivity index (χ0v) is 45.3. The van der Waals surface area contributed by atoms with Crippen LogP contribution in [0.25, 0.3) is 10.1 Å². The molecular weight excluding hydrogens is 1090 g/mol. The van der Waals surface area contributed by atoms with E-state index in [4.69, 9.17) is 28.7 Å². The summed E-state index contributed by atoms with van der Waals surface area (Å²) in [7, 11) is 0. The Morgan fingerprint density at radius 2 is 1.35 bits per heavy atom. The number of aromatic nitrogens is 3. The first-order chi connectivity index (χ1) is 37.2. The van der Waals surface area contributed by atoms with Gasteiger partial charge in [0.1, 0.15) is 36.3 Å². The number of aliphatic hydroxyl groups is 1. The summed E-state index contributed by atoms with van der Waals surface area (Å²) in [4.78, 5) is 133. The molecule has 10 radical (unpaired) electrons. The molecule has 1 aliphatic heterocycles. The van der Waals surface area contributed by atoms with E-state index in [1.54, 1.807) is 20.0 Å². The van der Waals surface area contributed by atoms with E-state index >= 15 is 4.79 Å². The average molecular weight is 1150 g/mol. The Labute approximate surface area is 472 Å². The molecule has 3 fully saturated rings. The molecule has 11 amide bonds. The molecule has 3 aromatic rings. The van der Waals surface area contributed by atoms with Gasteiger partial charge in [-0.3, -0.25) is 43.2 Å². The number of hydrogen-bond acceptors (Lipinski definition) is 15. The van der Waals surface area contributed by atoms with E-state index in [-0.39, 0.29) is 62.3 Å². The van der Waals surface area contributed by atoms with Crippen LogP contribution < -0.4 is 60.6 Å². The number of benzene rings is 1. The van der Waals surface area contributed by atoms with Gasteiger partial charge in [0.2, 0.25) is 53.2 Å². The van der Waals surface area contributed by atoms with Gasteiger partial charge in [-0.15, -0.1) is 16.4 Å². The second-order valence-corrected chi connectivity index (χ2v) is 19.6. The van der Waals surface area contributed by atoms with Crippen LogP contribution in [0.5, 0.6) is 0 Å². The topological polar surface area (TPSA) is 427 Å². The molecule has 3 aliphatic rings. The third kappa shape index (κ3) is 19.2. The first-order valence-corrected chi connectivity index (χ1v) is 25.9. The van der Waals surface area contributed by atoms with E-state index in [1.807, 2.05) is 87.4 Å². The standard InChI is InChI=1S/C46H62N15O11S.C5H5.Fe/c1-3-23(2)38(57-43(69)31(18-37(49)64)54-42(68)30(17-36(48)63)53-40(66)28(47)12-8-14-52-46(51)72)45(71)60-19-26(61-20-32(58-59-61)24-9-4-5-10-24)16-34(60)44(70)55-29(41(67)56-33(21-62)39(50)65)15-25-22-73-35-13-7-6-11-27(25)35;1-2-4-5-3-1;/h4-7,9-11,13,20,22-23,26,28-31,33-34,38,62H,3,8,12,14-19,21,47H2,1-2H3,(H2,48,63)(H2,49,64)(H2,50,65)(H,53,66)(H,54,68)(H,55,70)(H,56,67)(H,57,69)(H3,51,52,72);1-5H;/q;;+2/t23-,26-,28-,29+,30-,31-,33-,34-,38-;;/m0../s1. The number of hydrogen-bond donors (Lipinski definition) is 12. The quantitative estimate of drug-likeness (QED) is 0.0270. The van der Waals surface area contributed by atoms with Crippen LogP contribution in [0, 0.1) is 69.6 Å². The molecule has 2 aliphatic carbocycles. The maximum Gasteiger partial charge on any atom is 2.00 e. The third-order valence-electron chi connectivity index (χ3n) is 12.9. The van der Waals surface area contributed by atoms with Crippen LogP contribution >= 0.6 is 11.3 Å². The summed E-state index contributed by atoms with van der Waals surface area (Å²) in [6, 6.07) is -4.44. The molecule has 2 saturated carbocycles. The Balaban J connectivity index is 0.00000212. The van der Waals surface area contributed by atoms with Gasteiger partial charge in [-0.2, -0.15) is 0 Å². The number of rotatable bonds is 27. The minimum absolute atomic E-state index is 0. The van der Waals surface area contributed by atoms with Crippen LogP contribution in [0.4, 0.5) is 4.79 Å². The van der Waals surface area contributed by atoms with Gasteiger partial charge in [-0.25, -0.2) is 9.48 Å². The van der Waals surface area contributed by atoms with Gasteiger partial charge in [-0.1, -0.05) is 43.7 Å². The van der Waals surface area contributed by atoms with Crippen molar-refractivity contribution in [1.82, 2.24) is 51.8 Å². The van der Waals surface area contributed by atoms with Crippen LogP contribution in [0.3, 0.4) is 0 Å². The van der Waals surface area contributed by atoms with Crippen LogP contribution in [-0.2, 0) is 66.6 Å². The van der Waals surface area contributed by atoms with Gasteiger partial charge in [0.15, 0.2) is 0 Å². The van der Waals surface area contributed by atoms with Gasteiger partial charge in [-0.05, 0) is 98.9 Å². The smallest absolute Gasteiger partial charge is 0.394 e. The predicted octanol–water partition coefficient (Wildman–Crippen LogP) is -2.88. The molecular formula is C51H67FeN15O11S+2. The van der Waals surface area contributed by atoms with Crippen molar-refractivity contribution in [2.45, 2.75) is 107 Å². The molecule has 17 N–H and O–H groups in total. The number of likely N-dealkylation sites (tertiary alicyclic amines) is 1. The molecule has 28 heteroatoms. The van der Waals surface area contributed by atoms with Crippen molar-refractivity contribution in [1.29, 1.82) is 0 Å². The van der Waals surface area contributed by atoms with Gasteiger partial charge >= 0.3 is 23.1 Å². The number of amides is 11. The van der Waals surface area contributed by atoms with Crippen LogP contribution in [-0.4, -0.2) is 146 Å². The monoisotopic (exact) mass is 1150 g/mol. The molecule has 79 heavy (non-hydrogen) atoms. The van der Waals surface area contributed by atoms with Crippen molar-refractivity contribution in [3.63, 3.8) is 0 Å². The Hall–Kier alpha value is -6.74. The second-order valence-electron chi connectivity index (χ2n) is 18.7. The second kappa shape index (κ2) is 31.7. The van der Waals surface area contributed by atoms with Gasteiger partial charge in [0.05, 0.1) is 37.2 Å². The third-order valence-corrected chi connectivity index (χ3v) is 13.9. The maximum atomic E-state index is 15.1. The van der Waals surface area contributed by atoms with Crippen molar-refractivity contribution < 1.29 is 70.1 Å². The molecule has 9 atom stereocenters. The fraction of sp³-hybridized carbons (Fsp3) is 0.412. The number of thiophene rings is 1. The molecule has 0 spiro atoms. The van der Waals surface area contributed by atoms with Crippen molar-refractivity contribution in [3.8, 4) is 0 Å². The number of nitrogens with one attached hydrogen (secondary N) is 6. The summed E-state index contributed by atoms with van der Waals surface area (Å²) in [6.45, 7) is 2.48. The van der Waals surface area contributed by atoms with Crippen LogP contribution in [0.2, 0.25) is 0 Å². The summed E-state index contributed by atoms with van der Waals surface area (Å²) in [6.07, 6.45) is 17.7. The fourth-order valence-corrected chi connectivity index (χ4v) is 9.45. The Bertz CT molecular complexity index is 2580. The zero-order chi connectivity index (χ0) is 57.1. The number of aliphatic hydroxyl groups excluding tert-OH is 1. The number of urea groups is 1. The number of nitrogens with zero attached hydrogens (tertiary/aromatic N) is 4. The normalized spacial score (nSPS) is 18.7. The Morgan fingerprint density at radius 3 is 1.94 bits per heavy atom. The molecule has 6 rings (SSSR count). The average Bonchev–Trinajstić information content (AvgIpc) is 4.30. The summed E-state index contributed by atoms with van der Waals surface area (Å²) < 4.78 is 2.40. The van der Waals surface area contributed by atoms with Crippen molar-refractivity contribution in [2.24, 2.45) is 34.6 Å². The van der Waals surface area contributed by atoms with E-state index in [1.165, 1.54) is 20.9 Å². The minimum Gasteiger partial charge on any atom is -0.394 e. The molecule has 2 aromatic heterocycles. The van der Waals surface area contributed by atoms with E-state index in [0.29, 0.717) is 11.3 Å². The van der Waals surface area contributed by atoms with Crippen molar-refractivity contribution in [3.05, 3.63) is 111 Å². The van der Waals surface area contributed by atoms with Gasteiger partial charge in [0, 0.05) is 42.7 Å². The first-order valence-electron chi connectivity index (χ1n) is 25.0. The Morgan fingerprint density at radius 1 is 0.772 bits per heavy atom. The van der Waals surface area contributed by atoms with Crippen molar-refractivity contribution >= 4 is 80.6 Å². The summed E-state index contributed by atoms with van der Waals surface area (Å²) in [5, 5.41) is 35.8. The van der Waals surface area contributed by atoms with Crippen LogP contribution in [0.15, 0.2) is 35.8 Å². The maximum absolute atomic E-state index is 15.1. The van der Waals surface area contributed by atoms with Crippen molar-refractivity contribution in [2.75, 3.05) is 19.7 Å². The molecule has 1 aromatic carbocycles. The SMILES string of the molecule is CC[C@H](C)[C@H](NC(=O)[C@H](CC(N)=O)NC(=O)[C@H](CC(N)=O)NC(=O)[C@@H](N)CCCNC(N)=O)C(=O)N1C[C@@H](n2cc([C]3[CH][CH][CH][CH]3)nn2)C[C@H]1C(=O)N[C@H](Cc1csc2ccccc12)C(=O)N[C@@H](CO)C(N)=O.[CH]1[CH][CH][CH][CH]1.[Fe+2]. The largest absolute Gasteiger partial charge is 2.00 e. The van der Waals surface area contributed by atoms with Gasteiger partial charge < -0.3 is 70.6 Å². The van der Waals surface area contributed by atoms with E-state index in [2.05, 4.69) is 42.2 Å². The fourth-order valence-electron chi connectivity index (χ4n) is 8.47. The minimum atomic E-state index is -1.78. The number of primary amides is 4. The molecule has 0 unspecified atom stereocenters. The molecule has 0 bridgehead atoms. The summed E-state index contributed by atoms with van der Waals surface area (Å²) >= 11 is 1.41. The van der Waals surface area contributed by atoms with E-state index in [9.17, 15) is 48.3 Å². The number of carbonyl (C=O) groups excluding carboxylic acids is 10. The van der Waals surface area contributed by atoms with E-state index in [0.717, 1.165) is 16.0 Å². The first kappa shape index (κ1) is 64.8. The molecule has 424 valence electrons. The van der Waals surface area contributed by atoms with E-state index < -0.39 is 133 Å². The van der Waals surface area contributed by atoms with Crippen LogP contribution in [0.1, 0.15) is 69.7 Å². The summed E-state index contributed by atoms with van der Waals surface area (Å²) in [5.74, 6) is -8.55. The zero-order valence-electron chi connectivity index (χ0n) is 43.4. The van der Waals surface area contributed by atoms with Gasteiger partial charge in [0.25, 0.3) is 0 Å². The number of nitrogens with two attached hydrogens (primary N) is 5.